The first kappa shape index (κ1) is 8.48. The van der Waals surface area contributed by atoms with Gasteiger partial charge in [0.05, 0.1) is 0 Å². The van der Waals surface area contributed by atoms with Crippen LogP contribution in [-0.2, 0) is 0 Å². The van der Waals surface area contributed by atoms with E-state index >= 15 is 0 Å². The van der Waals surface area contributed by atoms with E-state index in [4.69, 9.17) is 4.74 Å². The Balaban J connectivity index is 2.10. The lowest BCUT2D eigenvalue weighted by molar-refractivity contribution is 0.109. The summed E-state index contributed by atoms with van der Waals surface area (Å²) in [6.45, 7) is 1.81. The topological polar surface area (TPSA) is 22.1 Å². The third kappa shape index (κ3) is 1.79. The molecule has 13 heavy (non-hydrogen) atoms. The van der Waals surface area contributed by atoms with Crippen LogP contribution < -0.4 is 4.74 Å². The van der Waals surface area contributed by atoms with Gasteiger partial charge in [0.2, 0.25) is 0 Å². The Hall–Kier alpha value is -1.12. The zero-order chi connectivity index (χ0) is 9.26. The van der Waals surface area contributed by atoms with Crippen molar-refractivity contribution in [2.24, 2.45) is 0 Å². The van der Waals surface area contributed by atoms with Crippen molar-refractivity contribution in [1.29, 1.82) is 0 Å². The minimum atomic E-state index is -0.355. The van der Waals surface area contributed by atoms with Crippen LogP contribution in [0, 0.1) is 12.7 Å². The van der Waals surface area contributed by atoms with Crippen LogP contribution in [0.5, 0.6) is 5.88 Å². The van der Waals surface area contributed by atoms with Crippen molar-refractivity contribution >= 4 is 0 Å². The van der Waals surface area contributed by atoms with E-state index in [1.54, 1.807) is 6.20 Å². The normalized spacial score (nSPS) is 16.8. The lowest BCUT2D eigenvalue weighted by Gasteiger charge is -2.25. The Morgan fingerprint density at radius 2 is 2.31 bits per heavy atom. The summed E-state index contributed by atoms with van der Waals surface area (Å²) in [4.78, 5) is 3.90. The molecule has 1 aliphatic carbocycles. The van der Waals surface area contributed by atoms with Gasteiger partial charge < -0.3 is 4.74 Å². The first-order valence-corrected chi connectivity index (χ1v) is 4.54. The predicted octanol–water partition coefficient (Wildman–Crippen LogP) is 2.46. The van der Waals surface area contributed by atoms with E-state index in [-0.39, 0.29) is 17.8 Å². The van der Waals surface area contributed by atoms with Crippen molar-refractivity contribution in [2.45, 2.75) is 32.3 Å². The minimum Gasteiger partial charge on any atom is -0.472 e. The highest BCUT2D eigenvalue weighted by Gasteiger charge is 2.21. The summed E-state index contributed by atoms with van der Waals surface area (Å²) >= 11 is 0. The maximum Gasteiger partial charge on any atom is 0.250 e. The molecule has 0 bridgehead atoms. The summed E-state index contributed by atoms with van der Waals surface area (Å²) < 4.78 is 18.5. The summed E-state index contributed by atoms with van der Waals surface area (Å²) in [5, 5.41) is 0. The van der Waals surface area contributed by atoms with Crippen molar-refractivity contribution in [3.63, 3.8) is 0 Å². The Bertz CT molecular complexity index is 310. The molecule has 0 spiro atoms. The van der Waals surface area contributed by atoms with Gasteiger partial charge >= 0.3 is 0 Å². The van der Waals surface area contributed by atoms with Crippen molar-refractivity contribution < 1.29 is 9.13 Å². The summed E-state index contributed by atoms with van der Waals surface area (Å²) in [5.41, 5.74) is 0.818. The third-order valence-corrected chi connectivity index (χ3v) is 2.27. The summed E-state index contributed by atoms with van der Waals surface area (Å²) in [6.07, 6.45) is 5.03. The van der Waals surface area contributed by atoms with E-state index in [2.05, 4.69) is 4.98 Å². The van der Waals surface area contributed by atoms with E-state index in [0.717, 1.165) is 18.4 Å². The fourth-order valence-electron chi connectivity index (χ4n) is 1.25. The molecule has 0 atom stereocenters. The number of rotatable bonds is 2. The molecule has 0 radical (unpaired) electrons. The Kier molecular flexibility index (Phi) is 2.17. The molecular weight excluding hydrogens is 169 g/mol. The van der Waals surface area contributed by atoms with Crippen LogP contribution in [0.1, 0.15) is 24.8 Å². The van der Waals surface area contributed by atoms with Gasteiger partial charge in [-0.05, 0) is 37.8 Å². The molecule has 2 rings (SSSR count). The van der Waals surface area contributed by atoms with Crippen molar-refractivity contribution in [1.82, 2.24) is 4.98 Å². The molecule has 1 saturated carbocycles. The number of aromatic nitrogens is 1. The lowest BCUT2D eigenvalue weighted by Crippen LogP contribution is -2.25. The van der Waals surface area contributed by atoms with Gasteiger partial charge in [0, 0.05) is 6.20 Å². The second-order valence-electron chi connectivity index (χ2n) is 3.47. The smallest absolute Gasteiger partial charge is 0.250 e. The van der Waals surface area contributed by atoms with Crippen molar-refractivity contribution in [3.8, 4) is 5.88 Å². The number of aryl methyl sites for hydroxylation is 1. The van der Waals surface area contributed by atoms with Crippen molar-refractivity contribution in [2.75, 3.05) is 0 Å². The number of hydrogen-bond donors (Lipinski definition) is 0. The van der Waals surface area contributed by atoms with E-state index in [1.807, 2.05) is 6.92 Å². The van der Waals surface area contributed by atoms with E-state index < -0.39 is 0 Å². The fraction of sp³-hybridized carbons (Fsp3) is 0.500. The summed E-state index contributed by atoms with van der Waals surface area (Å²) in [7, 11) is 0. The first-order chi connectivity index (χ1) is 6.25. The Morgan fingerprint density at radius 3 is 2.85 bits per heavy atom. The largest absolute Gasteiger partial charge is 0.472 e. The number of nitrogens with zero attached hydrogens (tertiary/aromatic N) is 1. The number of ether oxygens (including phenoxy) is 1. The lowest BCUT2D eigenvalue weighted by atomic mass is 9.96. The standard InChI is InChI=1S/C10H12FNO/c1-7-5-9(11)10(12-6-7)13-8-3-2-4-8/h5-6,8H,2-4H2,1H3. The maximum absolute atomic E-state index is 13.2. The second-order valence-corrected chi connectivity index (χ2v) is 3.47. The molecule has 70 valence electrons. The number of halogens is 1. The van der Waals surface area contributed by atoms with E-state index in [1.165, 1.54) is 12.5 Å². The van der Waals surface area contributed by atoms with Gasteiger partial charge in [-0.3, -0.25) is 0 Å². The molecule has 1 aromatic rings. The highest BCUT2D eigenvalue weighted by atomic mass is 19.1. The first-order valence-electron chi connectivity index (χ1n) is 4.54. The van der Waals surface area contributed by atoms with Crippen LogP contribution in [-0.4, -0.2) is 11.1 Å². The Labute approximate surface area is 76.7 Å². The van der Waals surface area contributed by atoms with Crippen LogP contribution in [0.2, 0.25) is 0 Å². The SMILES string of the molecule is Cc1cnc(OC2CCC2)c(F)c1. The zero-order valence-corrected chi connectivity index (χ0v) is 7.59. The molecule has 0 amide bonds. The molecule has 0 saturated heterocycles. The molecule has 1 aliphatic rings. The highest BCUT2D eigenvalue weighted by molar-refractivity contribution is 5.19. The van der Waals surface area contributed by atoms with Crippen LogP contribution in [0.15, 0.2) is 12.3 Å². The molecule has 0 aliphatic heterocycles. The van der Waals surface area contributed by atoms with Crippen LogP contribution in [0.25, 0.3) is 0 Å². The van der Waals surface area contributed by atoms with Crippen LogP contribution in [0.3, 0.4) is 0 Å². The monoisotopic (exact) mass is 181 g/mol. The quantitative estimate of drug-likeness (QED) is 0.699. The third-order valence-electron chi connectivity index (χ3n) is 2.27. The molecule has 1 aromatic heterocycles. The zero-order valence-electron chi connectivity index (χ0n) is 7.59. The molecule has 2 nitrogen and oxygen atoms in total. The number of hydrogen-bond acceptors (Lipinski definition) is 2. The molecule has 0 N–H and O–H groups in total. The van der Waals surface area contributed by atoms with Crippen molar-refractivity contribution in [3.05, 3.63) is 23.6 Å². The van der Waals surface area contributed by atoms with Gasteiger partial charge in [-0.25, -0.2) is 9.37 Å². The Morgan fingerprint density at radius 1 is 1.54 bits per heavy atom. The average Bonchev–Trinajstić information content (AvgIpc) is 1.99. The van der Waals surface area contributed by atoms with Gasteiger partial charge in [0.15, 0.2) is 5.82 Å². The average molecular weight is 181 g/mol. The molecule has 1 fully saturated rings. The van der Waals surface area contributed by atoms with Crippen LogP contribution in [0.4, 0.5) is 4.39 Å². The van der Waals surface area contributed by atoms with Gasteiger partial charge in [-0.15, -0.1) is 0 Å². The molecule has 0 aromatic carbocycles. The molecule has 1 heterocycles. The predicted molar refractivity (Wildman–Crippen MR) is 47.2 cm³/mol. The van der Waals surface area contributed by atoms with Gasteiger partial charge in [0.25, 0.3) is 5.88 Å². The molecule has 0 unspecified atom stereocenters. The van der Waals surface area contributed by atoms with Gasteiger partial charge in [-0.2, -0.15) is 0 Å². The number of pyridine rings is 1. The van der Waals surface area contributed by atoms with Crippen LogP contribution >= 0.6 is 0 Å². The van der Waals surface area contributed by atoms with Gasteiger partial charge in [-0.1, -0.05) is 0 Å². The highest BCUT2D eigenvalue weighted by Crippen LogP contribution is 2.25. The minimum absolute atomic E-state index is 0.148. The maximum atomic E-state index is 13.2. The fourth-order valence-corrected chi connectivity index (χ4v) is 1.25. The van der Waals surface area contributed by atoms with E-state index in [9.17, 15) is 4.39 Å². The summed E-state index contributed by atoms with van der Waals surface area (Å²) in [6, 6.07) is 1.45. The van der Waals surface area contributed by atoms with Gasteiger partial charge in [0.1, 0.15) is 6.10 Å². The van der Waals surface area contributed by atoms with E-state index in [0.29, 0.717) is 0 Å². The second kappa shape index (κ2) is 3.32. The molecular formula is C10H12FNO. The molecule has 3 heteroatoms. The summed E-state index contributed by atoms with van der Waals surface area (Å²) in [5.74, 6) is -0.206.